The van der Waals surface area contributed by atoms with Crippen molar-refractivity contribution >= 4 is 5.82 Å². The highest BCUT2D eigenvalue weighted by molar-refractivity contribution is 5.48. The third-order valence-electron chi connectivity index (χ3n) is 2.84. The summed E-state index contributed by atoms with van der Waals surface area (Å²) < 4.78 is 0. The van der Waals surface area contributed by atoms with Crippen LogP contribution in [0.3, 0.4) is 0 Å². The molecule has 0 saturated carbocycles. The zero-order chi connectivity index (χ0) is 10.7. The van der Waals surface area contributed by atoms with Crippen LogP contribution in [0.2, 0.25) is 0 Å². The molecule has 0 radical (unpaired) electrons. The topological polar surface area (TPSA) is 37.8 Å². The van der Waals surface area contributed by atoms with Crippen LogP contribution in [0.4, 0.5) is 5.82 Å². The minimum atomic E-state index is 0.925. The SMILES string of the molecule is CCCNc1nc(CC)nc2c1CCC2. The summed E-state index contributed by atoms with van der Waals surface area (Å²) in [6.45, 7) is 5.29. The number of nitrogens with zero attached hydrogens (tertiary/aromatic N) is 2. The molecule has 3 nitrogen and oxygen atoms in total. The molecular weight excluding hydrogens is 186 g/mol. The lowest BCUT2D eigenvalue weighted by molar-refractivity contribution is 0.874. The minimum Gasteiger partial charge on any atom is -0.370 e. The Morgan fingerprint density at radius 2 is 2.07 bits per heavy atom. The Labute approximate surface area is 91.3 Å². The molecule has 1 aromatic rings. The maximum atomic E-state index is 4.59. The molecule has 3 heteroatoms. The fraction of sp³-hybridized carbons (Fsp3) is 0.667. The smallest absolute Gasteiger partial charge is 0.133 e. The van der Waals surface area contributed by atoms with E-state index in [2.05, 4.69) is 29.1 Å². The van der Waals surface area contributed by atoms with Gasteiger partial charge in [-0.15, -0.1) is 0 Å². The summed E-state index contributed by atoms with van der Waals surface area (Å²) in [6, 6.07) is 0. The molecule has 1 heterocycles. The van der Waals surface area contributed by atoms with Crippen LogP contribution in [0, 0.1) is 0 Å². The molecular formula is C12H19N3. The Bertz CT molecular complexity index is 347. The largest absolute Gasteiger partial charge is 0.370 e. The molecule has 0 aliphatic heterocycles. The second-order valence-corrected chi connectivity index (χ2v) is 4.05. The molecule has 0 saturated heterocycles. The summed E-state index contributed by atoms with van der Waals surface area (Å²) in [6.07, 6.45) is 5.57. The number of nitrogens with one attached hydrogen (secondary N) is 1. The average Bonchev–Trinajstić information content (AvgIpc) is 2.73. The number of hydrogen-bond donors (Lipinski definition) is 1. The molecule has 1 aliphatic carbocycles. The molecule has 1 aromatic heterocycles. The molecule has 1 N–H and O–H groups in total. The van der Waals surface area contributed by atoms with Gasteiger partial charge in [-0.25, -0.2) is 9.97 Å². The lowest BCUT2D eigenvalue weighted by Crippen LogP contribution is -2.09. The van der Waals surface area contributed by atoms with Crippen molar-refractivity contribution < 1.29 is 0 Å². The molecule has 0 atom stereocenters. The van der Waals surface area contributed by atoms with Crippen molar-refractivity contribution in [2.45, 2.75) is 46.0 Å². The summed E-state index contributed by atoms with van der Waals surface area (Å²) in [7, 11) is 0. The molecule has 0 aromatic carbocycles. The first kappa shape index (κ1) is 10.4. The van der Waals surface area contributed by atoms with Crippen molar-refractivity contribution in [2.24, 2.45) is 0 Å². The third kappa shape index (κ3) is 2.11. The average molecular weight is 205 g/mol. The molecule has 0 spiro atoms. The highest BCUT2D eigenvalue weighted by Crippen LogP contribution is 2.26. The van der Waals surface area contributed by atoms with E-state index in [1.54, 1.807) is 0 Å². The normalized spacial score (nSPS) is 14.0. The van der Waals surface area contributed by atoms with E-state index in [1.807, 2.05) is 0 Å². The highest BCUT2D eigenvalue weighted by atomic mass is 15.0. The van der Waals surface area contributed by atoms with Crippen molar-refractivity contribution in [1.29, 1.82) is 0 Å². The summed E-state index contributed by atoms with van der Waals surface area (Å²) in [5, 5.41) is 3.42. The van der Waals surface area contributed by atoms with Crippen molar-refractivity contribution in [3.05, 3.63) is 17.1 Å². The zero-order valence-corrected chi connectivity index (χ0v) is 9.64. The lowest BCUT2D eigenvalue weighted by Gasteiger charge is -2.10. The Hall–Kier alpha value is -1.12. The number of anilines is 1. The van der Waals surface area contributed by atoms with E-state index in [1.165, 1.54) is 17.7 Å². The standard InChI is InChI=1S/C12H19N3/c1-3-8-13-12-9-6-5-7-10(9)14-11(4-2)15-12/h3-8H2,1-2H3,(H,13,14,15). The highest BCUT2D eigenvalue weighted by Gasteiger charge is 2.18. The predicted molar refractivity (Wildman–Crippen MR) is 62.2 cm³/mol. The molecule has 1 aliphatic rings. The van der Waals surface area contributed by atoms with E-state index < -0.39 is 0 Å². The lowest BCUT2D eigenvalue weighted by atomic mass is 10.2. The van der Waals surface area contributed by atoms with E-state index in [9.17, 15) is 0 Å². The van der Waals surface area contributed by atoms with Gasteiger partial charge in [-0.1, -0.05) is 13.8 Å². The monoisotopic (exact) mass is 205 g/mol. The Balaban J connectivity index is 2.30. The van der Waals surface area contributed by atoms with Crippen LogP contribution in [-0.4, -0.2) is 16.5 Å². The first-order valence-corrected chi connectivity index (χ1v) is 5.97. The molecule has 2 rings (SSSR count). The van der Waals surface area contributed by atoms with Gasteiger partial charge in [-0.2, -0.15) is 0 Å². The molecule has 82 valence electrons. The first-order valence-electron chi connectivity index (χ1n) is 5.97. The zero-order valence-electron chi connectivity index (χ0n) is 9.64. The molecule has 0 fully saturated rings. The van der Waals surface area contributed by atoms with Crippen LogP contribution in [0.5, 0.6) is 0 Å². The second kappa shape index (κ2) is 4.60. The van der Waals surface area contributed by atoms with Gasteiger partial charge in [-0.05, 0) is 25.7 Å². The van der Waals surface area contributed by atoms with Gasteiger partial charge in [-0.3, -0.25) is 0 Å². The van der Waals surface area contributed by atoms with Crippen LogP contribution in [0.1, 0.15) is 43.8 Å². The maximum Gasteiger partial charge on any atom is 0.133 e. The van der Waals surface area contributed by atoms with E-state index >= 15 is 0 Å². The van der Waals surface area contributed by atoms with Gasteiger partial charge in [0.2, 0.25) is 0 Å². The predicted octanol–water partition coefficient (Wildman–Crippen LogP) is 2.35. The number of aryl methyl sites for hydroxylation is 2. The number of aromatic nitrogens is 2. The molecule has 15 heavy (non-hydrogen) atoms. The van der Waals surface area contributed by atoms with Gasteiger partial charge >= 0.3 is 0 Å². The van der Waals surface area contributed by atoms with Crippen molar-refractivity contribution in [3.8, 4) is 0 Å². The third-order valence-corrected chi connectivity index (χ3v) is 2.84. The van der Waals surface area contributed by atoms with Gasteiger partial charge in [0.1, 0.15) is 11.6 Å². The van der Waals surface area contributed by atoms with Crippen LogP contribution < -0.4 is 5.32 Å². The molecule has 0 unspecified atom stereocenters. The van der Waals surface area contributed by atoms with Crippen LogP contribution in [-0.2, 0) is 19.3 Å². The molecule has 0 bridgehead atoms. The quantitative estimate of drug-likeness (QED) is 0.820. The van der Waals surface area contributed by atoms with Gasteiger partial charge in [0.25, 0.3) is 0 Å². The van der Waals surface area contributed by atoms with E-state index in [4.69, 9.17) is 0 Å². The van der Waals surface area contributed by atoms with Crippen LogP contribution >= 0.6 is 0 Å². The van der Waals surface area contributed by atoms with Crippen molar-refractivity contribution in [2.75, 3.05) is 11.9 Å². The Morgan fingerprint density at radius 3 is 2.80 bits per heavy atom. The maximum absolute atomic E-state index is 4.59. The fourth-order valence-electron chi connectivity index (χ4n) is 2.03. The van der Waals surface area contributed by atoms with Crippen molar-refractivity contribution in [1.82, 2.24) is 9.97 Å². The van der Waals surface area contributed by atoms with Crippen LogP contribution in [0.15, 0.2) is 0 Å². The summed E-state index contributed by atoms with van der Waals surface area (Å²) >= 11 is 0. The van der Waals surface area contributed by atoms with E-state index in [0.29, 0.717) is 0 Å². The Kier molecular flexibility index (Phi) is 3.19. The second-order valence-electron chi connectivity index (χ2n) is 4.05. The summed E-state index contributed by atoms with van der Waals surface area (Å²) in [4.78, 5) is 9.17. The fourth-order valence-corrected chi connectivity index (χ4v) is 2.03. The number of rotatable bonds is 4. The molecule has 0 amide bonds. The van der Waals surface area contributed by atoms with Gasteiger partial charge in [0.05, 0.1) is 0 Å². The number of fused-ring (bicyclic) bond motifs is 1. The van der Waals surface area contributed by atoms with Gasteiger partial charge in [0.15, 0.2) is 0 Å². The van der Waals surface area contributed by atoms with Gasteiger partial charge < -0.3 is 5.32 Å². The summed E-state index contributed by atoms with van der Waals surface area (Å²) in [5.41, 5.74) is 2.64. The Morgan fingerprint density at radius 1 is 1.20 bits per heavy atom. The van der Waals surface area contributed by atoms with Gasteiger partial charge in [0, 0.05) is 24.2 Å². The first-order chi connectivity index (χ1) is 7.35. The minimum absolute atomic E-state index is 0.925. The summed E-state index contributed by atoms with van der Waals surface area (Å²) in [5.74, 6) is 2.07. The van der Waals surface area contributed by atoms with E-state index in [-0.39, 0.29) is 0 Å². The van der Waals surface area contributed by atoms with Crippen LogP contribution in [0.25, 0.3) is 0 Å². The number of hydrogen-bond acceptors (Lipinski definition) is 3. The van der Waals surface area contributed by atoms with Crippen molar-refractivity contribution in [3.63, 3.8) is 0 Å². The van der Waals surface area contributed by atoms with E-state index in [0.717, 1.165) is 43.9 Å².